The highest BCUT2D eigenvalue weighted by Gasteiger charge is 2.30. The van der Waals surface area contributed by atoms with Crippen molar-refractivity contribution in [2.45, 2.75) is 132 Å². The summed E-state index contributed by atoms with van der Waals surface area (Å²) in [5, 5.41) is 23.3. The summed E-state index contributed by atoms with van der Waals surface area (Å²) in [7, 11) is 0. The summed E-state index contributed by atoms with van der Waals surface area (Å²) in [5.74, 6) is 0. The maximum Gasteiger partial charge on any atom is 0.159 e. The SMILES string of the molecule is CC(C)(C)n1c2ccccc2c2cc3oc4ccccc4c3cc21.CC(C)(C)n1c2ccccc2c2cc3sc4ccccc4c3cc21.CC(C)(C)n1c2ccccc2c2ccc(N(c3ccccc3)c3ccccc3)cc21.CC(C)(C)n1c2ccccc2c2ccc3c4ccccc4oc3c21.CC(C)(C)n1c2ccccc2c2ccc3c4ccccc4sc3c21. The molecule has 0 atom stereocenters. The van der Waals surface area contributed by atoms with Gasteiger partial charge in [-0.2, -0.15) is 0 Å². The summed E-state index contributed by atoms with van der Waals surface area (Å²) in [6.45, 7) is 34.1. The highest BCUT2D eigenvalue weighted by molar-refractivity contribution is 7.27. The molecule has 0 aliphatic carbocycles. The number of fused-ring (bicyclic) bond motifs is 29. The highest BCUT2D eigenvalue weighted by Crippen LogP contribution is 2.49. The summed E-state index contributed by atoms with van der Waals surface area (Å²) < 4.78 is 30.3. The number of anilines is 3. The molecule has 0 aliphatic rings. The second-order valence-electron chi connectivity index (χ2n) is 38.6. The van der Waals surface area contributed by atoms with Gasteiger partial charge in [-0.25, -0.2) is 0 Å². The minimum atomic E-state index is -0.0331. The van der Waals surface area contributed by atoms with Crippen LogP contribution in [0.25, 0.3) is 193 Å². The molecule has 126 heavy (non-hydrogen) atoms. The maximum absolute atomic E-state index is 6.31. The van der Waals surface area contributed by atoms with Crippen molar-refractivity contribution in [1.29, 1.82) is 0 Å². The third kappa shape index (κ3) is 13.4. The first kappa shape index (κ1) is 79.5. The first-order valence-electron chi connectivity index (χ1n) is 44.0. The molecule has 16 aromatic carbocycles. The number of thiophene rings is 2. The molecule has 25 rings (SSSR count). The fourth-order valence-electron chi connectivity index (χ4n) is 20.1. The number of hydrogen-bond acceptors (Lipinski definition) is 5. The number of rotatable bonds is 3. The standard InChI is InChI=1S/C28H26N2.2C22H19NO.2C22H19NS/c1-28(2,3)30-26-17-11-10-16-24(26)25-19-18-23(20-27(25)30)29(21-12-6-4-7-13-21)22-14-8-5-9-15-22;1-22(2,3)23-18-10-6-4-8-14(18)16-13-21-17(12-19(16)23)15-9-5-7-11-20(15)24-21;1-22(2,3)23-18-10-6-4-8-14(18)16-12-13-17-15-9-5-7-11-19(15)24-21(17)20(16)23;1-22(2,3)23-18-10-6-4-8-14(18)16-13-21-17(12-19(16)23)15-9-5-7-11-20(15)24-21;1-22(2,3)23-18-10-6-4-8-14(18)16-12-13-17-15-9-5-7-11-19(15)24-21(17)20(16)23/h4-20H,1-3H3;4*4-13H,1-3H3. The van der Waals surface area contributed by atoms with Crippen LogP contribution in [0.3, 0.4) is 0 Å². The number of hydrogen-bond donors (Lipinski definition) is 0. The lowest BCUT2D eigenvalue weighted by molar-refractivity contribution is 0.422. The molecule has 0 bridgehead atoms. The molecule has 9 aromatic heterocycles. The molecule has 0 aliphatic heterocycles. The first-order chi connectivity index (χ1) is 60.7. The van der Waals surface area contributed by atoms with E-state index in [4.69, 9.17) is 8.83 Å². The largest absolute Gasteiger partial charge is 0.456 e. The Bertz CT molecular complexity index is 8090. The van der Waals surface area contributed by atoms with Gasteiger partial charge in [-0.05, 0) is 225 Å². The van der Waals surface area contributed by atoms with Crippen molar-refractivity contribution in [3.63, 3.8) is 0 Å². The Kier molecular flexibility index (Phi) is 19.0. The predicted molar refractivity (Wildman–Crippen MR) is 547 cm³/mol. The quantitative estimate of drug-likeness (QED) is 0.177. The Morgan fingerprint density at radius 1 is 0.198 bits per heavy atom. The van der Waals surface area contributed by atoms with E-state index in [1.807, 2.05) is 46.9 Å². The zero-order valence-electron chi connectivity index (χ0n) is 74.2. The molecule has 0 radical (unpaired) electrons. The van der Waals surface area contributed by atoms with Gasteiger partial charge in [0.25, 0.3) is 0 Å². The maximum atomic E-state index is 6.31. The summed E-state index contributed by atoms with van der Waals surface area (Å²) in [6.07, 6.45) is 0. The van der Waals surface area contributed by atoms with Crippen molar-refractivity contribution in [1.82, 2.24) is 22.8 Å². The lowest BCUT2D eigenvalue weighted by Gasteiger charge is -2.27. The van der Waals surface area contributed by atoms with Crippen LogP contribution in [-0.4, -0.2) is 22.8 Å². The van der Waals surface area contributed by atoms with Gasteiger partial charge < -0.3 is 36.6 Å². The summed E-state index contributed by atoms with van der Waals surface area (Å²) >= 11 is 3.81. The molecule has 0 fully saturated rings. The van der Waals surface area contributed by atoms with Crippen LogP contribution in [-0.2, 0) is 27.7 Å². The molecule has 25 aromatic rings. The lowest BCUT2D eigenvalue weighted by atomic mass is 10.1. The first-order valence-corrected chi connectivity index (χ1v) is 45.7. The van der Waals surface area contributed by atoms with Gasteiger partial charge in [0.15, 0.2) is 5.58 Å². The molecule has 8 nitrogen and oxygen atoms in total. The molecule has 0 saturated heterocycles. The smallest absolute Gasteiger partial charge is 0.159 e. The van der Waals surface area contributed by atoms with Crippen molar-refractivity contribution < 1.29 is 8.83 Å². The average Bonchev–Trinajstić information content (AvgIpc) is 1.72. The summed E-state index contributed by atoms with van der Waals surface area (Å²) in [4.78, 5) is 2.32. The van der Waals surface area contributed by atoms with Crippen LogP contribution in [0.5, 0.6) is 0 Å². The van der Waals surface area contributed by atoms with Gasteiger partial charge in [0.2, 0.25) is 0 Å². The fourth-order valence-corrected chi connectivity index (χ4v) is 22.5. The van der Waals surface area contributed by atoms with E-state index in [0.29, 0.717) is 0 Å². The highest BCUT2D eigenvalue weighted by atomic mass is 32.1. The van der Waals surface area contributed by atoms with Crippen LogP contribution in [0.4, 0.5) is 17.1 Å². The van der Waals surface area contributed by atoms with Gasteiger partial charge in [0.05, 0.1) is 32.3 Å². The number of benzene rings is 16. The molecule has 620 valence electrons. The summed E-state index contributed by atoms with van der Waals surface area (Å²) in [5.41, 5.74) is 20.2. The number of nitrogens with zero attached hydrogens (tertiary/aromatic N) is 6. The van der Waals surface area contributed by atoms with Crippen molar-refractivity contribution >= 4 is 233 Å². The Hall–Kier alpha value is -13.6. The van der Waals surface area contributed by atoms with Crippen LogP contribution in [0.2, 0.25) is 0 Å². The average molecular weight is 1680 g/mol. The molecular weight excluding hydrogens is 1570 g/mol. The summed E-state index contributed by atoms with van der Waals surface area (Å²) in [6, 6.07) is 124. The third-order valence-electron chi connectivity index (χ3n) is 25.0. The van der Waals surface area contributed by atoms with E-state index in [9.17, 15) is 0 Å². The Morgan fingerprint density at radius 3 is 1.03 bits per heavy atom. The molecule has 9 heterocycles. The molecule has 0 amide bonds. The van der Waals surface area contributed by atoms with Crippen LogP contribution in [0.1, 0.15) is 104 Å². The van der Waals surface area contributed by atoms with E-state index >= 15 is 0 Å². The van der Waals surface area contributed by atoms with Crippen molar-refractivity contribution in [2.75, 3.05) is 4.90 Å². The second-order valence-corrected chi connectivity index (χ2v) is 40.8. The molecule has 0 N–H and O–H groups in total. The minimum absolute atomic E-state index is 0.00850. The van der Waals surface area contributed by atoms with Gasteiger partial charge in [0.1, 0.15) is 16.7 Å². The third-order valence-corrected chi connectivity index (χ3v) is 27.3. The molecular formula is C116H102N6O2S2. The van der Waals surface area contributed by atoms with Crippen LogP contribution in [0, 0.1) is 0 Å². The van der Waals surface area contributed by atoms with Crippen molar-refractivity contribution in [3.8, 4) is 0 Å². The van der Waals surface area contributed by atoms with E-state index in [1.165, 1.54) is 171 Å². The van der Waals surface area contributed by atoms with E-state index in [0.717, 1.165) is 39.4 Å². The van der Waals surface area contributed by atoms with Crippen LogP contribution in [0.15, 0.2) is 355 Å². The molecule has 0 unspecified atom stereocenters. The number of furan rings is 2. The van der Waals surface area contributed by atoms with Crippen molar-refractivity contribution in [3.05, 3.63) is 346 Å². The van der Waals surface area contributed by atoms with Gasteiger partial charge in [-0.1, -0.05) is 224 Å². The van der Waals surface area contributed by atoms with E-state index in [-0.39, 0.29) is 27.7 Å². The van der Waals surface area contributed by atoms with E-state index in [2.05, 4.69) is 453 Å². The second kappa shape index (κ2) is 30.1. The van der Waals surface area contributed by atoms with Gasteiger partial charge in [-0.3, -0.25) is 0 Å². The molecule has 0 saturated carbocycles. The molecule has 0 spiro atoms. The van der Waals surface area contributed by atoms with Crippen molar-refractivity contribution in [2.24, 2.45) is 0 Å². The Morgan fingerprint density at radius 2 is 0.532 bits per heavy atom. The minimum Gasteiger partial charge on any atom is -0.456 e. The Balaban J connectivity index is 0.0000000964. The van der Waals surface area contributed by atoms with E-state index in [1.54, 1.807) is 0 Å². The van der Waals surface area contributed by atoms with Gasteiger partial charge >= 0.3 is 0 Å². The number of para-hydroxylation sites is 9. The van der Waals surface area contributed by atoms with Crippen LogP contribution >= 0.6 is 22.7 Å². The lowest BCUT2D eigenvalue weighted by Crippen LogP contribution is -2.21. The van der Waals surface area contributed by atoms with Gasteiger partial charge in [-0.15, -0.1) is 22.7 Å². The zero-order valence-corrected chi connectivity index (χ0v) is 75.9. The monoisotopic (exact) mass is 1670 g/mol. The fraction of sp³-hybridized carbons (Fsp3) is 0.172. The topological polar surface area (TPSA) is 54.2 Å². The normalized spacial score (nSPS) is 12.6. The van der Waals surface area contributed by atoms with E-state index < -0.39 is 0 Å². The number of aromatic nitrogens is 5. The zero-order chi connectivity index (χ0) is 86.6. The molecule has 10 heteroatoms. The predicted octanol–water partition coefficient (Wildman–Crippen LogP) is 34.8. The Labute approximate surface area is 741 Å². The van der Waals surface area contributed by atoms with Gasteiger partial charge in [0, 0.05) is 183 Å². The van der Waals surface area contributed by atoms with Crippen LogP contribution < -0.4 is 4.90 Å².